The van der Waals surface area contributed by atoms with Gasteiger partial charge in [0.15, 0.2) is 0 Å². The average molecular weight is 349 g/mol. The molecular formula is C18H27N3O4. The van der Waals surface area contributed by atoms with Crippen LogP contribution in [0.1, 0.15) is 36.0 Å². The number of nitrogens with zero attached hydrogens (tertiary/aromatic N) is 2. The SMILES string of the molecule is COCCOc1cncc(C(=O)N[C@@H]2CCC[C@@H]2N2CCC(O)C2)c1. The summed E-state index contributed by atoms with van der Waals surface area (Å²) in [5.41, 5.74) is 0.502. The summed E-state index contributed by atoms with van der Waals surface area (Å²) in [5.74, 6) is 0.441. The topological polar surface area (TPSA) is 83.9 Å². The lowest BCUT2D eigenvalue weighted by atomic mass is 10.1. The van der Waals surface area contributed by atoms with Crippen molar-refractivity contribution >= 4 is 5.91 Å². The summed E-state index contributed by atoms with van der Waals surface area (Å²) in [6.45, 7) is 2.52. The summed E-state index contributed by atoms with van der Waals surface area (Å²) in [7, 11) is 1.61. The molecule has 7 nitrogen and oxygen atoms in total. The Morgan fingerprint density at radius 1 is 1.36 bits per heavy atom. The van der Waals surface area contributed by atoms with Crippen molar-refractivity contribution in [2.45, 2.75) is 43.9 Å². The molecule has 0 spiro atoms. The van der Waals surface area contributed by atoms with E-state index >= 15 is 0 Å². The van der Waals surface area contributed by atoms with Gasteiger partial charge in [-0.2, -0.15) is 0 Å². The van der Waals surface area contributed by atoms with E-state index in [1.165, 1.54) is 0 Å². The molecule has 0 radical (unpaired) electrons. The van der Waals surface area contributed by atoms with E-state index in [1.807, 2.05) is 0 Å². The molecular weight excluding hydrogens is 322 g/mol. The zero-order valence-corrected chi connectivity index (χ0v) is 14.7. The zero-order valence-electron chi connectivity index (χ0n) is 14.7. The fourth-order valence-electron chi connectivity index (χ4n) is 3.73. The van der Waals surface area contributed by atoms with Crippen LogP contribution in [0.15, 0.2) is 18.5 Å². The van der Waals surface area contributed by atoms with Crippen LogP contribution in [0.5, 0.6) is 5.75 Å². The molecule has 1 saturated carbocycles. The Kier molecular flexibility index (Phi) is 6.23. The molecule has 2 N–H and O–H groups in total. The quantitative estimate of drug-likeness (QED) is 0.709. The number of rotatable bonds is 7. The minimum Gasteiger partial charge on any atom is -0.490 e. The maximum absolute atomic E-state index is 12.6. The van der Waals surface area contributed by atoms with Crippen LogP contribution in [0.3, 0.4) is 0 Å². The predicted molar refractivity (Wildman–Crippen MR) is 92.7 cm³/mol. The number of methoxy groups -OCH3 is 1. The van der Waals surface area contributed by atoms with Crippen molar-refractivity contribution in [3.63, 3.8) is 0 Å². The maximum atomic E-state index is 12.6. The van der Waals surface area contributed by atoms with E-state index in [0.717, 1.165) is 32.2 Å². The number of hydrogen-bond donors (Lipinski definition) is 2. The zero-order chi connectivity index (χ0) is 17.6. The molecule has 25 heavy (non-hydrogen) atoms. The second-order valence-corrected chi connectivity index (χ2v) is 6.77. The third-order valence-corrected chi connectivity index (χ3v) is 4.99. The molecule has 3 atom stereocenters. The molecule has 0 aromatic carbocycles. The van der Waals surface area contributed by atoms with Crippen LogP contribution < -0.4 is 10.1 Å². The van der Waals surface area contributed by atoms with Crippen LogP contribution in [-0.4, -0.2) is 72.5 Å². The van der Waals surface area contributed by atoms with Gasteiger partial charge in [-0.05, 0) is 31.7 Å². The first-order valence-corrected chi connectivity index (χ1v) is 8.97. The molecule has 1 unspecified atom stereocenters. The Morgan fingerprint density at radius 2 is 2.24 bits per heavy atom. The molecule has 3 rings (SSSR count). The van der Waals surface area contributed by atoms with E-state index in [9.17, 15) is 9.90 Å². The van der Waals surface area contributed by atoms with Gasteiger partial charge in [0.25, 0.3) is 5.91 Å². The molecule has 2 aliphatic rings. The van der Waals surface area contributed by atoms with Gasteiger partial charge in [-0.3, -0.25) is 14.7 Å². The molecule has 1 aliphatic carbocycles. The van der Waals surface area contributed by atoms with Crippen LogP contribution >= 0.6 is 0 Å². The van der Waals surface area contributed by atoms with E-state index in [2.05, 4.69) is 15.2 Å². The summed E-state index contributed by atoms with van der Waals surface area (Å²) in [6.07, 6.45) is 6.87. The predicted octanol–water partition coefficient (Wildman–Crippen LogP) is 0.824. The van der Waals surface area contributed by atoms with Gasteiger partial charge in [0.2, 0.25) is 0 Å². The first-order valence-electron chi connectivity index (χ1n) is 8.97. The van der Waals surface area contributed by atoms with Crippen molar-refractivity contribution < 1.29 is 19.4 Å². The molecule has 0 bridgehead atoms. The number of pyridine rings is 1. The lowest BCUT2D eigenvalue weighted by Crippen LogP contribution is -2.48. The van der Waals surface area contributed by atoms with E-state index in [1.54, 1.807) is 25.6 Å². The third-order valence-electron chi connectivity index (χ3n) is 4.99. The summed E-state index contributed by atoms with van der Waals surface area (Å²) in [6, 6.07) is 2.15. The van der Waals surface area contributed by atoms with E-state index in [0.29, 0.717) is 37.1 Å². The lowest BCUT2D eigenvalue weighted by molar-refractivity contribution is 0.0904. The second-order valence-electron chi connectivity index (χ2n) is 6.77. The summed E-state index contributed by atoms with van der Waals surface area (Å²) < 4.78 is 10.5. The van der Waals surface area contributed by atoms with Crippen LogP contribution in [-0.2, 0) is 4.74 Å². The Morgan fingerprint density at radius 3 is 3.00 bits per heavy atom. The Bertz CT molecular complexity index is 583. The number of aliphatic hydroxyl groups excluding tert-OH is 1. The van der Waals surface area contributed by atoms with E-state index < -0.39 is 0 Å². The fourth-order valence-corrected chi connectivity index (χ4v) is 3.73. The van der Waals surface area contributed by atoms with Gasteiger partial charge in [0.1, 0.15) is 12.4 Å². The van der Waals surface area contributed by atoms with Gasteiger partial charge in [0.05, 0.1) is 24.5 Å². The minimum absolute atomic E-state index is 0.121. The highest BCUT2D eigenvalue weighted by molar-refractivity contribution is 5.94. The van der Waals surface area contributed by atoms with Crippen LogP contribution in [0.25, 0.3) is 0 Å². The Hall–Kier alpha value is -1.70. The van der Waals surface area contributed by atoms with E-state index in [4.69, 9.17) is 9.47 Å². The minimum atomic E-state index is -0.234. The standard InChI is InChI=1S/C18H27N3O4/c1-24-7-8-25-15-9-13(10-19-11-15)18(23)20-16-3-2-4-17(16)21-6-5-14(22)12-21/h9-11,14,16-17,22H,2-8,12H2,1H3,(H,20,23)/t14?,16-,17+/m1/s1. The monoisotopic (exact) mass is 349 g/mol. The van der Waals surface area contributed by atoms with Crippen LogP contribution in [0, 0.1) is 0 Å². The third kappa shape index (κ3) is 4.68. The largest absolute Gasteiger partial charge is 0.490 e. The molecule has 7 heteroatoms. The molecule has 1 aliphatic heterocycles. The number of amides is 1. The van der Waals surface area contributed by atoms with Gasteiger partial charge >= 0.3 is 0 Å². The summed E-state index contributed by atoms with van der Waals surface area (Å²) in [4.78, 5) is 19.0. The highest BCUT2D eigenvalue weighted by Gasteiger charge is 2.36. The highest BCUT2D eigenvalue weighted by Crippen LogP contribution is 2.27. The highest BCUT2D eigenvalue weighted by atomic mass is 16.5. The average Bonchev–Trinajstić information content (AvgIpc) is 3.24. The Balaban J connectivity index is 1.58. The second kappa shape index (κ2) is 8.60. The fraction of sp³-hybridized carbons (Fsp3) is 0.667. The number of ether oxygens (including phenoxy) is 2. The maximum Gasteiger partial charge on any atom is 0.253 e. The number of likely N-dealkylation sites (tertiary alicyclic amines) is 1. The number of nitrogens with one attached hydrogen (secondary N) is 1. The van der Waals surface area contributed by atoms with Gasteiger partial charge in [-0.25, -0.2) is 0 Å². The molecule has 2 fully saturated rings. The molecule has 2 heterocycles. The van der Waals surface area contributed by atoms with Crippen molar-refractivity contribution in [1.29, 1.82) is 0 Å². The molecule has 1 amide bonds. The van der Waals surface area contributed by atoms with Crippen LogP contribution in [0.2, 0.25) is 0 Å². The normalized spacial score (nSPS) is 26.7. The lowest BCUT2D eigenvalue weighted by Gasteiger charge is -2.29. The van der Waals surface area contributed by atoms with Crippen molar-refractivity contribution in [3.8, 4) is 5.75 Å². The number of carbonyl (C=O) groups excluding carboxylic acids is 1. The first kappa shape index (κ1) is 18.1. The van der Waals surface area contributed by atoms with Gasteiger partial charge in [-0.1, -0.05) is 0 Å². The van der Waals surface area contributed by atoms with Crippen LogP contribution in [0.4, 0.5) is 0 Å². The molecule has 138 valence electrons. The smallest absolute Gasteiger partial charge is 0.253 e. The van der Waals surface area contributed by atoms with Gasteiger partial charge in [-0.15, -0.1) is 0 Å². The number of β-amino-alcohol motifs (C(OH)–C–C–N with tert-alkyl or cyclic N) is 1. The molecule has 1 saturated heterocycles. The molecule has 1 aromatic heterocycles. The summed E-state index contributed by atoms with van der Waals surface area (Å²) in [5, 5.41) is 12.9. The number of aromatic nitrogens is 1. The number of hydrogen-bond acceptors (Lipinski definition) is 6. The van der Waals surface area contributed by atoms with Crippen molar-refractivity contribution in [2.24, 2.45) is 0 Å². The van der Waals surface area contributed by atoms with Gasteiger partial charge in [0, 0.05) is 38.5 Å². The summed E-state index contributed by atoms with van der Waals surface area (Å²) >= 11 is 0. The van der Waals surface area contributed by atoms with E-state index in [-0.39, 0.29) is 18.1 Å². The van der Waals surface area contributed by atoms with Crippen molar-refractivity contribution in [3.05, 3.63) is 24.0 Å². The number of aliphatic hydroxyl groups is 1. The first-order chi connectivity index (χ1) is 12.2. The molecule has 1 aromatic rings. The Labute approximate surface area is 148 Å². The van der Waals surface area contributed by atoms with Gasteiger partial charge < -0.3 is 19.9 Å². The van der Waals surface area contributed by atoms with Crippen molar-refractivity contribution in [1.82, 2.24) is 15.2 Å². The number of carbonyl (C=O) groups is 1. The van der Waals surface area contributed by atoms with Crippen molar-refractivity contribution in [2.75, 3.05) is 33.4 Å².